The molecule has 2 N–H and O–H groups in total. The molecule has 0 unspecified atom stereocenters. The van der Waals surface area contributed by atoms with Gasteiger partial charge in [-0.2, -0.15) is 0 Å². The second-order valence-corrected chi connectivity index (χ2v) is 2.99. The highest BCUT2D eigenvalue weighted by molar-refractivity contribution is 6.17. The third-order valence-electron chi connectivity index (χ3n) is 1.23. The Labute approximate surface area is 80.5 Å². The summed E-state index contributed by atoms with van der Waals surface area (Å²) in [4.78, 5) is 9.82. The van der Waals surface area contributed by atoms with E-state index < -0.39 is 0 Å². The number of rotatable bonds is 5. The zero-order chi connectivity index (χ0) is 9.82. The van der Waals surface area contributed by atoms with Gasteiger partial charge in [-0.15, -0.1) is 11.6 Å². The van der Waals surface area contributed by atoms with Crippen molar-refractivity contribution in [2.75, 3.05) is 5.88 Å². The Hall–Kier alpha value is -0.240. The molecule has 0 aliphatic rings. The van der Waals surface area contributed by atoms with Crippen molar-refractivity contribution < 1.29 is 4.79 Å². The molecule has 0 aromatic rings. The fourth-order valence-electron chi connectivity index (χ4n) is 0.591. The van der Waals surface area contributed by atoms with Crippen LogP contribution in [0.1, 0.15) is 46.0 Å². The third-order valence-corrected chi connectivity index (χ3v) is 1.50. The first-order valence-corrected chi connectivity index (χ1v) is 5.06. The Morgan fingerprint density at radius 1 is 1.25 bits per heavy atom. The lowest BCUT2D eigenvalue weighted by Crippen LogP contribution is -2.08. The van der Waals surface area contributed by atoms with Crippen molar-refractivity contribution >= 4 is 17.5 Å². The van der Waals surface area contributed by atoms with Gasteiger partial charge in [0, 0.05) is 12.3 Å². The molecular formula is C9H20ClNO. The molecule has 1 amide bonds. The maximum atomic E-state index is 9.82. The lowest BCUT2D eigenvalue weighted by molar-refractivity contribution is -0.118. The molecule has 0 aliphatic heterocycles. The molecule has 0 saturated carbocycles. The number of halogens is 1. The SMILES string of the molecule is CCCC(N)=O.CCCCCCl. The van der Waals surface area contributed by atoms with Gasteiger partial charge in [-0.3, -0.25) is 4.79 Å². The summed E-state index contributed by atoms with van der Waals surface area (Å²) in [6.07, 6.45) is 5.10. The third kappa shape index (κ3) is 22.6. The molecule has 12 heavy (non-hydrogen) atoms. The first kappa shape index (κ1) is 14.3. The van der Waals surface area contributed by atoms with Crippen LogP contribution in [0.2, 0.25) is 0 Å². The van der Waals surface area contributed by atoms with E-state index in [0.717, 1.165) is 12.3 Å². The molecule has 0 rings (SSSR count). The molecule has 0 atom stereocenters. The van der Waals surface area contributed by atoms with E-state index in [2.05, 4.69) is 6.92 Å². The Morgan fingerprint density at radius 2 is 1.83 bits per heavy atom. The minimum atomic E-state index is -0.211. The molecule has 0 aliphatic carbocycles. The quantitative estimate of drug-likeness (QED) is 0.530. The maximum absolute atomic E-state index is 9.82. The van der Waals surface area contributed by atoms with E-state index in [0.29, 0.717) is 6.42 Å². The van der Waals surface area contributed by atoms with E-state index in [9.17, 15) is 4.79 Å². The van der Waals surface area contributed by atoms with Crippen LogP contribution in [-0.4, -0.2) is 11.8 Å². The highest BCUT2D eigenvalue weighted by atomic mass is 35.5. The van der Waals surface area contributed by atoms with Gasteiger partial charge >= 0.3 is 0 Å². The Morgan fingerprint density at radius 3 is 1.92 bits per heavy atom. The van der Waals surface area contributed by atoms with Crippen LogP contribution in [0.4, 0.5) is 0 Å². The van der Waals surface area contributed by atoms with Gasteiger partial charge in [0.25, 0.3) is 0 Å². The van der Waals surface area contributed by atoms with Gasteiger partial charge in [0.05, 0.1) is 0 Å². The minimum Gasteiger partial charge on any atom is -0.370 e. The van der Waals surface area contributed by atoms with Crippen LogP contribution in [0.5, 0.6) is 0 Å². The van der Waals surface area contributed by atoms with E-state index in [1.54, 1.807) is 0 Å². The Kier molecular flexibility index (Phi) is 15.9. The summed E-state index contributed by atoms with van der Waals surface area (Å²) in [6.45, 7) is 4.09. The number of amides is 1. The number of hydrogen-bond donors (Lipinski definition) is 1. The number of carbonyl (C=O) groups excluding carboxylic acids is 1. The molecule has 0 bridgehead atoms. The summed E-state index contributed by atoms with van der Waals surface area (Å²) in [7, 11) is 0. The fourth-order valence-corrected chi connectivity index (χ4v) is 0.780. The smallest absolute Gasteiger partial charge is 0.217 e. The Bertz CT molecular complexity index is 92.5. The topological polar surface area (TPSA) is 43.1 Å². The van der Waals surface area contributed by atoms with Crippen molar-refractivity contribution in [1.29, 1.82) is 0 Å². The van der Waals surface area contributed by atoms with E-state index >= 15 is 0 Å². The molecule has 0 aromatic carbocycles. The average molecular weight is 194 g/mol. The van der Waals surface area contributed by atoms with Gasteiger partial charge in [-0.1, -0.05) is 26.7 Å². The number of carbonyl (C=O) groups is 1. The van der Waals surface area contributed by atoms with Crippen molar-refractivity contribution in [3.63, 3.8) is 0 Å². The summed E-state index contributed by atoms with van der Waals surface area (Å²) in [5.41, 5.74) is 4.76. The molecular weight excluding hydrogens is 174 g/mol. The second-order valence-electron chi connectivity index (χ2n) is 2.61. The number of unbranched alkanes of at least 4 members (excludes halogenated alkanes) is 2. The summed E-state index contributed by atoms with van der Waals surface area (Å²) >= 11 is 5.38. The predicted octanol–water partition coefficient (Wildman–Crippen LogP) is 2.69. The normalized spacial score (nSPS) is 8.58. The highest BCUT2D eigenvalue weighted by Crippen LogP contribution is 1.93. The van der Waals surface area contributed by atoms with E-state index in [1.807, 2.05) is 6.92 Å². The van der Waals surface area contributed by atoms with E-state index in [-0.39, 0.29) is 5.91 Å². The zero-order valence-electron chi connectivity index (χ0n) is 8.11. The van der Waals surface area contributed by atoms with Gasteiger partial charge in [-0.05, 0) is 12.8 Å². The van der Waals surface area contributed by atoms with Crippen LogP contribution in [0.25, 0.3) is 0 Å². The van der Waals surface area contributed by atoms with Gasteiger partial charge in [0.1, 0.15) is 0 Å². The average Bonchev–Trinajstić information content (AvgIpc) is 2.02. The van der Waals surface area contributed by atoms with Crippen LogP contribution in [0, 0.1) is 0 Å². The highest BCUT2D eigenvalue weighted by Gasteiger charge is 1.84. The molecule has 0 heterocycles. The summed E-state index contributed by atoms with van der Waals surface area (Å²) in [5.74, 6) is 0.617. The van der Waals surface area contributed by atoms with Gasteiger partial charge in [0.2, 0.25) is 5.91 Å². The second kappa shape index (κ2) is 13.4. The Balaban J connectivity index is 0. The maximum Gasteiger partial charge on any atom is 0.217 e. The molecule has 0 radical (unpaired) electrons. The number of hydrogen-bond acceptors (Lipinski definition) is 1. The van der Waals surface area contributed by atoms with Crippen molar-refractivity contribution in [2.24, 2.45) is 5.73 Å². The first-order valence-electron chi connectivity index (χ1n) is 4.53. The van der Waals surface area contributed by atoms with Crippen LogP contribution < -0.4 is 5.73 Å². The minimum absolute atomic E-state index is 0.211. The first-order chi connectivity index (χ1) is 5.68. The van der Waals surface area contributed by atoms with Crippen LogP contribution in [-0.2, 0) is 4.79 Å². The zero-order valence-corrected chi connectivity index (χ0v) is 8.86. The van der Waals surface area contributed by atoms with Crippen LogP contribution in [0.3, 0.4) is 0 Å². The molecule has 2 nitrogen and oxygen atoms in total. The summed E-state index contributed by atoms with van der Waals surface area (Å²) in [5, 5.41) is 0. The van der Waals surface area contributed by atoms with Crippen molar-refractivity contribution in [1.82, 2.24) is 0 Å². The standard InChI is InChI=1S/C5H11Cl.C4H9NO/c1-2-3-4-5-6;1-2-3-4(5)6/h2-5H2,1H3;2-3H2,1H3,(H2,5,6). The van der Waals surface area contributed by atoms with Crippen molar-refractivity contribution in [2.45, 2.75) is 46.0 Å². The molecule has 3 heteroatoms. The number of primary amides is 1. The molecule has 0 saturated heterocycles. The van der Waals surface area contributed by atoms with Gasteiger partial charge < -0.3 is 5.73 Å². The van der Waals surface area contributed by atoms with Crippen molar-refractivity contribution in [3.05, 3.63) is 0 Å². The number of alkyl halides is 1. The molecule has 0 spiro atoms. The molecule has 0 aromatic heterocycles. The predicted molar refractivity (Wildman–Crippen MR) is 54.3 cm³/mol. The van der Waals surface area contributed by atoms with Gasteiger partial charge in [0.15, 0.2) is 0 Å². The molecule has 74 valence electrons. The van der Waals surface area contributed by atoms with Crippen LogP contribution in [0.15, 0.2) is 0 Å². The van der Waals surface area contributed by atoms with Gasteiger partial charge in [-0.25, -0.2) is 0 Å². The lowest BCUT2D eigenvalue weighted by Gasteiger charge is -1.84. The largest absolute Gasteiger partial charge is 0.370 e. The lowest BCUT2D eigenvalue weighted by atomic mass is 10.3. The van der Waals surface area contributed by atoms with E-state index in [4.69, 9.17) is 17.3 Å². The summed E-state index contributed by atoms with van der Waals surface area (Å²) < 4.78 is 0. The fraction of sp³-hybridized carbons (Fsp3) is 0.889. The van der Waals surface area contributed by atoms with Crippen molar-refractivity contribution in [3.8, 4) is 0 Å². The van der Waals surface area contributed by atoms with Crippen LogP contribution >= 0.6 is 11.6 Å². The monoisotopic (exact) mass is 193 g/mol. The number of nitrogens with two attached hydrogens (primary N) is 1. The van der Waals surface area contributed by atoms with E-state index in [1.165, 1.54) is 19.3 Å². The molecule has 0 fully saturated rings. The summed E-state index contributed by atoms with van der Waals surface area (Å²) in [6, 6.07) is 0.